The van der Waals surface area contributed by atoms with Crippen LogP contribution in [0.3, 0.4) is 0 Å². The molecular weight excluding hydrogens is 352 g/mol. The molecule has 1 amide bonds. The quantitative estimate of drug-likeness (QED) is 0.740. The summed E-state index contributed by atoms with van der Waals surface area (Å²) in [5.41, 5.74) is 2.15. The summed E-state index contributed by atoms with van der Waals surface area (Å²) >= 11 is 6.10. The summed E-state index contributed by atoms with van der Waals surface area (Å²) < 4.78 is 1.46. The van der Waals surface area contributed by atoms with E-state index in [-0.39, 0.29) is 24.0 Å². The first-order valence-corrected chi connectivity index (χ1v) is 8.92. The minimum atomic E-state index is -0.312. The lowest BCUT2D eigenvalue weighted by molar-refractivity contribution is 0.0234. The van der Waals surface area contributed by atoms with Crippen LogP contribution >= 0.6 is 11.6 Å². The van der Waals surface area contributed by atoms with Crippen molar-refractivity contribution in [2.24, 2.45) is 13.0 Å². The van der Waals surface area contributed by atoms with Crippen molar-refractivity contribution in [3.8, 4) is 0 Å². The van der Waals surface area contributed by atoms with E-state index < -0.39 is 0 Å². The number of nitrogens with one attached hydrogen (secondary N) is 1. The molecule has 0 unspecified atom stereocenters. The van der Waals surface area contributed by atoms with Gasteiger partial charge in [-0.25, -0.2) is 0 Å². The van der Waals surface area contributed by atoms with Gasteiger partial charge in [-0.05, 0) is 36.5 Å². The lowest BCUT2D eigenvalue weighted by atomic mass is 9.75. The first-order valence-electron chi connectivity index (χ1n) is 8.54. The predicted octanol–water partition coefficient (Wildman–Crippen LogP) is 2.86. The van der Waals surface area contributed by atoms with E-state index in [0.717, 1.165) is 16.5 Å². The second kappa shape index (κ2) is 6.70. The van der Waals surface area contributed by atoms with Gasteiger partial charge in [-0.1, -0.05) is 29.8 Å². The van der Waals surface area contributed by atoms with Crippen LogP contribution in [0, 0.1) is 5.92 Å². The highest BCUT2D eigenvalue weighted by Gasteiger charge is 2.36. The van der Waals surface area contributed by atoms with E-state index in [1.807, 2.05) is 30.3 Å². The van der Waals surface area contributed by atoms with E-state index in [2.05, 4.69) is 15.4 Å². The summed E-state index contributed by atoms with van der Waals surface area (Å²) in [6.07, 6.45) is 4.24. The SMILES string of the molecule is Cn1ncc(Cl)c1C(=O)N[C@@H](c1cnc2ccccc2c1)C1CC(O)C1. The largest absolute Gasteiger partial charge is 0.393 e. The van der Waals surface area contributed by atoms with Crippen molar-refractivity contribution in [1.29, 1.82) is 0 Å². The number of halogens is 1. The van der Waals surface area contributed by atoms with Crippen LogP contribution in [0.2, 0.25) is 5.02 Å². The number of hydrogen-bond acceptors (Lipinski definition) is 4. The van der Waals surface area contributed by atoms with Crippen molar-refractivity contribution in [1.82, 2.24) is 20.1 Å². The number of aryl methyl sites for hydroxylation is 1. The third-order valence-electron chi connectivity index (χ3n) is 4.99. The third-order valence-corrected chi connectivity index (χ3v) is 5.26. The molecule has 0 saturated heterocycles. The second-order valence-corrected chi connectivity index (χ2v) is 7.17. The number of para-hydroxylation sites is 1. The van der Waals surface area contributed by atoms with Crippen molar-refractivity contribution >= 4 is 28.4 Å². The predicted molar refractivity (Wildman–Crippen MR) is 98.9 cm³/mol. The number of nitrogens with zero attached hydrogens (tertiary/aromatic N) is 3. The molecule has 0 spiro atoms. The van der Waals surface area contributed by atoms with Crippen LogP contribution in [0.25, 0.3) is 10.9 Å². The third kappa shape index (κ3) is 3.06. The lowest BCUT2D eigenvalue weighted by Crippen LogP contribution is -2.42. The number of benzene rings is 1. The van der Waals surface area contributed by atoms with Gasteiger partial charge in [-0.15, -0.1) is 0 Å². The fourth-order valence-electron chi connectivity index (χ4n) is 3.51. The maximum Gasteiger partial charge on any atom is 0.271 e. The highest BCUT2D eigenvalue weighted by atomic mass is 35.5. The van der Waals surface area contributed by atoms with Crippen LogP contribution < -0.4 is 5.32 Å². The molecule has 7 heteroatoms. The molecule has 0 radical (unpaired) electrons. The minimum Gasteiger partial charge on any atom is -0.393 e. The van der Waals surface area contributed by atoms with Gasteiger partial charge in [-0.3, -0.25) is 14.5 Å². The molecule has 0 aliphatic heterocycles. The Hall–Kier alpha value is -2.44. The number of rotatable bonds is 4. The zero-order valence-corrected chi connectivity index (χ0v) is 15.0. The molecule has 1 atom stereocenters. The summed E-state index contributed by atoms with van der Waals surface area (Å²) in [7, 11) is 1.68. The van der Waals surface area contributed by atoms with Crippen LogP contribution in [-0.2, 0) is 7.05 Å². The number of pyridine rings is 1. The number of amides is 1. The highest BCUT2D eigenvalue weighted by Crippen LogP contribution is 2.38. The molecule has 134 valence electrons. The number of carbonyl (C=O) groups excluding carboxylic acids is 1. The van der Waals surface area contributed by atoms with E-state index in [1.165, 1.54) is 10.9 Å². The fourth-order valence-corrected chi connectivity index (χ4v) is 3.76. The zero-order chi connectivity index (χ0) is 18.3. The molecule has 2 aromatic heterocycles. The Bertz CT molecular complexity index is 946. The molecule has 26 heavy (non-hydrogen) atoms. The molecule has 1 aliphatic carbocycles. The Kier molecular flexibility index (Phi) is 4.38. The molecule has 1 fully saturated rings. The molecule has 2 heterocycles. The van der Waals surface area contributed by atoms with Crippen LogP contribution in [-0.4, -0.2) is 31.9 Å². The Labute approximate surface area is 155 Å². The van der Waals surface area contributed by atoms with Crippen molar-refractivity contribution in [3.63, 3.8) is 0 Å². The molecule has 0 bridgehead atoms. The number of fused-ring (bicyclic) bond motifs is 1. The zero-order valence-electron chi connectivity index (χ0n) is 14.3. The average molecular weight is 371 g/mol. The molecular formula is C19H19ClN4O2. The average Bonchev–Trinajstić information content (AvgIpc) is 2.95. The summed E-state index contributed by atoms with van der Waals surface area (Å²) in [6.45, 7) is 0. The van der Waals surface area contributed by atoms with Crippen molar-refractivity contribution in [2.45, 2.75) is 25.0 Å². The Balaban J connectivity index is 1.67. The molecule has 2 N–H and O–H groups in total. The number of hydrogen-bond donors (Lipinski definition) is 2. The molecule has 1 aliphatic rings. The van der Waals surface area contributed by atoms with Gasteiger partial charge in [0.2, 0.25) is 0 Å². The first-order chi connectivity index (χ1) is 12.5. The fraction of sp³-hybridized carbons (Fsp3) is 0.316. The maximum absolute atomic E-state index is 12.8. The summed E-state index contributed by atoms with van der Waals surface area (Å²) in [5, 5.41) is 18.1. The van der Waals surface area contributed by atoms with Crippen LogP contribution in [0.5, 0.6) is 0 Å². The van der Waals surface area contributed by atoms with Crippen molar-refractivity contribution in [3.05, 3.63) is 59.0 Å². The lowest BCUT2D eigenvalue weighted by Gasteiger charge is -2.38. The minimum absolute atomic E-state index is 0.156. The van der Waals surface area contributed by atoms with Crippen molar-refractivity contribution in [2.75, 3.05) is 0 Å². The van der Waals surface area contributed by atoms with Gasteiger partial charge in [0.25, 0.3) is 5.91 Å². The van der Waals surface area contributed by atoms with E-state index in [4.69, 9.17) is 11.6 Å². The van der Waals surface area contributed by atoms with Crippen LogP contribution in [0.15, 0.2) is 42.7 Å². The van der Waals surface area contributed by atoms with Gasteiger partial charge in [-0.2, -0.15) is 5.10 Å². The van der Waals surface area contributed by atoms with Gasteiger partial charge >= 0.3 is 0 Å². The molecule has 3 aromatic rings. The molecule has 1 aromatic carbocycles. The highest BCUT2D eigenvalue weighted by molar-refractivity contribution is 6.33. The van der Waals surface area contributed by atoms with Crippen LogP contribution in [0.1, 0.15) is 34.9 Å². The molecule has 4 rings (SSSR count). The maximum atomic E-state index is 12.8. The van der Waals surface area contributed by atoms with E-state index in [0.29, 0.717) is 23.6 Å². The van der Waals surface area contributed by atoms with Gasteiger partial charge in [0.1, 0.15) is 5.69 Å². The van der Waals surface area contributed by atoms with Gasteiger partial charge in [0, 0.05) is 18.6 Å². The van der Waals surface area contributed by atoms with E-state index in [9.17, 15) is 9.90 Å². The standard InChI is InChI=1S/C19H19ClN4O2/c1-24-18(15(20)10-22-24)19(26)23-17(12-7-14(25)8-12)13-6-11-4-2-3-5-16(11)21-9-13/h2-6,9-10,12,14,17,25H,7-8H2,1H3,(H,23,26)/t12?,14?,17-/m1/s1. The van der Waals surface area contributed by atoms with Crippen LogP contribution in [0.4, 0.5) is 0 Å². The van der Waals surface area contributed by atoms with Gasteiger partial charge in [0.05, 0.1) is 28.9 Å². The van der Waals surface area contributed by atoms with Crippen molar-refractivity contribution < 1.29 is 9.90 Å². The summed E-state index contributed by atoms with van der Waals surface area (Å²) in [6, 6.07) is 9.66. The normalized spacial score (nSPS) is 20.6. The van der Waals surface area contributed by atoms with E-state index >= 15 is 0 Å². The summed E-state index contributed by atoms with van der Waals surface area (Å²) in [5.74, 6) is -0.126. The Morgan fingerprint density at radius 3 is 2.81 bits per heavy atom. The summed E-state index contributed by atoms with van der Waals surface area (Å²) in [4.78, 5) is 17.3. The number of aliphatic hydroxyl groups is 1. The monoisotopic (exact) mass is 370 g/mol. The Morgan fingerprint density at radius 1 is 1.35 bits per heavy atom. The number of aromatic nitrogens is 3. The van der Waals surface area contributed by atoms with Gasteiger partial charge < -0.3 is 10.4 Å². The molecule has 6 nitrogen and oxygen atoms in total. The Morgan fingerprint density at radius 2 is 2.12 bits per heavy atom. The topological polar surface area (TPSA) is 80.0 Å². The number of carbonyl (C=O) groups is 1. The number of aliphatic hydroxyl groups excluding tert-OH is 1. The van der Waals surface area contributed by atoms with Gasteiger partial charge in [0.15, 0.2) is 0 Å². The molecule has 1 saturated carbocycles. The second-order valence-electron chi connectivity index (χ2n) is 6.76. The van der Waals surface area contributed by atoms with E-state index in [1.54, 1.807) is 13.2 Å². The smallest absolute Gasteiger partial charge is 0.271 e. The first kappa shape index (κ1) is 17.0.